The smallest absolute Gasteiger partial charge is 0.0791 e. The van der Waals surface area contributed by atoms with Crippen LogP contribution in [0.4, 0.5) is 0 Å². The maximum atomic E-state index is 6.37. The summed E-state index contributed by atoms with van der Waals surface area (Å²) in [5, 5.41) is 0. The molecule has 1 fully saturated rings. The maximum Gasteiger partial charge on any atom is 0.0791 e. The Labute approximate surface area is 111 Å². The van der Waals surface area contributed by atoms with Crippen LogP contribution in [-0.4, -0.2) is 13.2 Å². The van der Waals surface area contributed by atoms with Crippen LogP contribution in [0.2, 0.25) is 0 Å². The van der Waals surface area contributed by atoms with Gasteiger partial charge in [-0.05, 0) is 42.2 Å². The van der Waals surface area contributed by atoms with Gasteiger partial charge in [0, 0.05) is 7.11 Å². The largest absolute Gasteiger partial charge is 0.379 e. The molecule has 2 rings (SSSR count). The van der Waals surface area contributed by atoms with E-state index in [0.29, 0.717) is 11.8 Å². The molecule has 1 aliphatic carbocycles. The molecule has 1 aromatic carbocycles. The molecule has 2 atom stereocenters. The van der Waals surface area contributed by atoms with Crippen molar-refractivity contribution in [2.75, 3.05) is 7.11 Å². The molecule has 0 amide bonds. The zero-order valence-electron chi connectivity index (χ0n) is 11.7. The summed E-state index contributed by atoms with van der Waals surface area (Å²) in [4.78, 5) is 0. The van der Waals surface area contributed by atoms with Crippen molar-refractivity contribution in [1.29, 1.82) is 0 Å². The van der Waals surface area contributed by atoms with Gasteiger partial charge < -0.3 is 10.5 Å². The van der Waals surface area contributed by atoms with Crippen molar-refractivity contribution in [2.24, 2.45) is 17.6 Å². The number of hydrogen-bond donors (Lipinski definition) is 1. The van der Waals surface area contributed by atoms with Crippen LogP contribution in [-0.2, 0) is 11.2 Å². The van der Waals surface area contributed by atoms with Crippen LogP contribution in [0, 0.1) is 11.8 Å². The first-order valence-electron chi connectivity index (χ1n) is 6.99. The lowest BCUT2D eigenvalue weighted by atomic mass is 9.95. The van der Waals surface area contributed by atoms with E-state index in [2.05, 4.69) is 38.1 Å². The summed E-state index contributed by atoms with van der Waals surface area (Å²) in [7, 11) is 1.78. The summed E-state index contributed by atoms with van der Waals surface area (Å²) in [6.07, 6.45) is 3.82. The van der Waals surface area contributed by atoms with Crippen molar-refractivity contribution in [3.8, 4) is 0 Å². The van der Waals surface area contributed by atoms with E-state index in [-0.39, 0.29) is 12.1 Å². The molecule has 18 heavy (non-hydrogen) atoms. The Morgan fingerprint density at radius 1 is 1.33 bits per heavy atom. The highest BCUT2D eigenvalue weighted by Gasteiger charge is 2.35. The fraction of sp³-hybridized carbons (Fsp3) is 0.625. The van der Waals surface area contributed by atoms with Crippen molar-refractivity contribution in [2.45, 2.75) is 45.3 Å². The number of hydrogen-bond acceptors (Lipinski definition) is 2. The number of ether oxygens (including phenoxy) is 1. The first-order chi connectivity index (χ1) is 8.61. The minimum atomic E-state index is 0.00890. The summed E-state index contributed by atoms with van der Waals surface area (Å²) in [5.74, 6) is 1.34. The molecule has 0 heterocycles. The number of methoxy groups -OCH3 is 1. The van der Waals surface area contributed by atoms with Gasteiger partial charge in [0.2, 0.25) is 0 Å². The molecule has 1 saturated carbocycles. The number of rotatable bonds is 6. The Morgan fingerprint density at radius 2 is 2.06 bits per heavy atom. The van der Waals surface area contributed by atoms with Crippen LogP contribution in [0.15, 0.2) is 24.3 Å². The molecule has 100 valence electrons. The van der Waals surface area contributed by atoms with Gasteiger partial charge in [-0.2, -0.15) is 0 Å². The summed E-state index contributed by atoms with van der Waals surface area (Å²) in [5.41, 5.74) is 8.96. The molecule has 2 nitrogen and oxygen atoms in total. The fourth-order valence-corrected chi connectivity index (χ4v) is 2.65. The predicted molar refractivity (Wildman–Crippen MR) is 75.4 cm³/mol. The topological polar surface area (TPSA) is 35.2 Å². The first-order valence-corrected chi connectivity index (χ1v) is 6.99. The van der Waals surface area contributed by atoms with Gasteiger partial charge in [0.1, 0.15) is 0 Å². The second-order valence-electron chi connectivity index (χ2n) is 5.91. The van der Waals surface area contributed by atoms with Crippen molar-refractivity contribution >= 4 is 0 Å². The lowest BCUT2D eigenvalue weighted by Crippen LogP contribution is -2.29. The molecule has 0 spiro atoms. The van der Waals surface area contributed by atoms with E-state index < -0.39 is 0 Å². The summed E-state index contributed by atoms with van der Waals surface area (Å²) in [6.45, 7) is 4.49. The van der Waals surface area contributed by atoms with Crippen LogP contribution >= 0.6 is 0 Å². The van der Waals surface area contributed by atoms with Gasteiger partial charge in [-0.25, -0.2) is 0 Å². The molecule has 0 bridgehead atoms. The molecule has 0 radical (unpaired) electrons. The van der Waals surface area contributed by atoms with E-state index in [4.69, 9.17) is 10.5 Å². The van der Waals surface area contributed by atoms with Crippen molar-refractivity contribution in [3.63, 3.8) is 0 Å². The fourth-order valence-electron chi connectivity index (χ4n) is 2.65. The van der Waals surface area contributed by atoms with Crippen LogP contribution in [0.5, 0.6) is 0 Å². The van der Waals surface area contributed by atoms with Gasteiger partial charge in [0.25, 0.3) is 0 Å². The van der Waals surface area contributed by atoms with Gasteiger partial charge in [0.15, 0.2) is 0 Å². The van der Waals surface area contributed by atoms with Crippen LogP contribution < -0.4 is 5.73 Å². The molecule has 1 aromatic rings. The number of benzene rings is 1. The normalized spacial score (nSPS) is 18.9. The van der Waals surface area contributed by atoms with E-state index >= 15 is 0 Å². The molecule has 1 aliphatic rings. The third kappa shape index (κ3) is 3.33. The molecular formula is C16H25NO. The Bertz CT molecular complexity index is 384. The zero-order chi connectivity index (χ0) is 13.1. The average Bonchev–Trinajstić information content (AvgIpc) is 3.14. The molecule has 0 aliphatic heterocycles. The predicted octanol–water partition coefficient (Wildman–Crippen LogP) is 3.31. The zero-order valence-corrected chi connectivity index (χ0v) is 11.7. The van der Waals surface area contributed by atoms with Crippen LogP contribution in [0.25, 0.3) is 0 Å². The Hall–Kier alpha value is -0.860. The molecule has 2 N–H and O–H groups in total. The lowest BCUT2D eigenvalue weighted by Gasteiger charge is -2.23. The van der Waals surface area contributed by atoms with Crippen LogP contribution in [0.3, 0.4) is 0 Å². The van der Waals surface area contributed by atoms with E-state index in [1.54, 1.807) is 7.11 Å². The standard InChI is InChI=1S/C16H25NO/c1-11(2)9-12-5-4-6-14(10-12)15(17)16(18-3)13-7-8-13/h4-6,10-11,13,15-16H,7-9,17H2,1-3H3. The van der Waals surface area contributed by atoms with Gasteiger partial charge in [0.05, 0.1) is 12.1 Å². The second kappa shape index (κ2) is 5.85. The third-order valence-corrected chi connectivity index (χ3v) is 3.69. The monoisotopic (exact) mass is 247 g/mol. The minimum absolute atomic E-state index is 0.00890. The quantitative estimate of drug-likeness (QED) is 0.837. The van der Waals surface area contributed by atoms with Crippen molar-refractivity contribution in [3.05, 3.63) is 35.4 Å². The van der Waals surface area contributed by atoms with E-state index in [1.807, 2.05) is 0 Å². The van der Waals surface area contributed by atoms with E-state index in [0.717, 1.165) is 6.42 Å². The van der Waals surface area contributed by atoms with Crippen molar-refractivity contribution < 1.29 is 4.74 Å². The van der Waals surface area contributed by atoms with Gasteiger partial charge in [-0.3, -0.25) is 0 Å². The Morgan fingerprint density at radius 3 is 2.61 bits per heavy atom. The van der Waals surface area contributed by atoms with E-state index in [1.165, 1.54) is 24.0 Å². The van der Waals surface area contributed by atoms with Crippen molar-refractivity contribution in [1.82, 2.24) is 0 Å². The molecular weight excluding hydrogens is 222 g/mol. The third-order valence-electron chi connectivity index (χ3n) is 3.69. The number of nitrogens with two attached hydrogens (primary N) is 1. The summed E-state index contributed by atoms with van der Waals surface area (Å²) >= 11 is 0. The highest BCUT2D eigenvalue weighted by Crippen LogP contribution is 2.39. The Balaban J connectivity index is 2.11. The van der Waals surface area contributed by atoms with Gasteiger partial charge >= 0.3 is 0 Å². The minimum Gasteiger partial charge on any atom is -0.379 e. The lowest BCUT2D eigenvalue weighted by molar-refractivity contribution is 0.0624. The van der Waals surface area contributed by atoms with E-state index in [9.17, 15) is 0 Å². The Kier molecular flexibility index (Phi) is 4.41. The highest BCUT2D eigenvalue weighted by atomic mass is 16.5. The molecule has 2 unspecified atom stereocenters. The van der Waals surface area contributed by atoms with Crippen LogP contribution in [0.1, 0.15) is 43.9 Å². The highest BCUT2D eigenvalue weighted by molar-refractivity contribution is 5.27. The maximum absolute atomic E-state index is 6.37. The summed E-state index contributed by atoms with van der Waals surface area (Å²) < 4.78 is 5.59. The molecule has 2 heteroatoms. The average molecular weight is 247 g/mol. The molecule has 0 aromatic heterocycles. The first kappa shape index (κ1) is 13.6. The summed E-state index contributed by atoms with van der Waals surface area (Å²) in [6, 6.07) is 8.69. The van der Waals surface area contributed by atoms with Gasteiger partial charge in [-0.15, -0.1) is 0 Å². The second-order valence-corrected chi connectivity index (χ2v) is 5.91. The molecule has 0 saturated heterocycles. The van der Waals surface area contributed by atoms with Gasteiger partial charge in [-0.1, -0.05) is 38.1 Å². The SMILES string of the molecule is COC(C1CC1)C(N)c1cccc(CC(C)C)c1.